The summed E-state index contributed by atoms with van der Waals surface area (Å²) in [6.07, 6.45) is 0. The number of nitrogens with one attached hydrogen (secondary N) is 3. The molecule has 0 atom stereocenters. The van der Waals surface area contributed by atoms with Crippen molar-refractivity contribution in [3.05, 3.63) is 102 Å². The molecule has 0 bridgehead atoms. The van der Waals surface area contributed by atoms with E-state index in [1.807, 2.05) is 0 Å². The fraction of sp³-hybridized carbons (Fsp3) is 0. The molecule has 0 aliphatic heterocycles. The summed E-state index contributed by atoms with van der Waals surface area (Å²) in [5, 5.41) is 26.5. The first kappa shape index (κ1) is 55.2. The minimum absolute atomic E-state index is 0. The van der Waals surface area contributed by atoms with Crippen LogP contribution in [0.15, 0.2) is 131 Å². The minimum Gasteiger partial charge on any atom is -0.744 e. The Kier molecular flexibility index (Phi) is 18.6. The Balaban J connectivity index is 0.00000264. The zero-order chi connectivity index (χ0) is 42.7. The topological polar surface area (TPSA) is 356 Å². The normalized spacial score (nSPS) is 12.1. The largest absolute Gasteiger partial charge is 1.00 e. The molecule has 7 rings (SSSR count). The number of anilines is 2. The van der Waals surface area contributed by atoms with Crippen LogP contribution in [0.5, 0.6) is 0 Å². The summed E-state index contributed by atoms with van der Waals surface area (Å²) in [4.78, 5) is 7.07. The number of halogens is 1. The van der Waals surface area contributed by atoms with Crippen molar-refractivity contribution in [2.45, 2.75) is 19.6 Å². The molecule has 0 radical (unpaired) electrons. The van der Waals surface area contributed by atoms with Crippen molar-refractivity contribution < 1.29 is 170 Å². The molecule has 63 heavy (non-hydrogen) atoms. The number of nitrogens with zero attached hydrogens (tertiary/aromatic N) is 6. The molecule has 30 heteroatoms. The first-order valence-corrected chi connectivity index (χ1v) is 21.9. The van der Waals surface area contributed by atoms with Crippen LogP contribution in [0.3, 0.4) is 0 Å². The van der Waals surface area contributed by atoms with Crippen molar-refractivity contribution in [2.24, 2.45) is 20.5 Å². The summed E-state index contributed by atoms with van der Waals surface area (Å²) in [5.41, 5.74) is -0.533. The SMILES string of the molecule is N=c1nc(Cl)nc(Nc2ccc(N=Nc3ccc(N=Nc4cc(S(=O)(=O)[O-])c5cccc(S(=O)(=O)[O-])c5c4)c4cc(S(=O)(=O)[O-])ccc34)c3cc(S(=O)(=O)[O-])ccc23)[nH]1.[Na+].[Na+].[Na+].[Na+]. The van der Waals surface area contributed by atoms with Gasteiger partial charge in [-0.15, -0.1) is 15.3 Å². The molecule has 0 saturated heterocycles. The molecule has 0 saturated carbocycles. The number of aromatic amines is 1. The summed E-state index contributed by atoms with van der Waals surface area (Å²) in [7, 11) is -20.5. The van der Waals surface area contributed by atoms with E-state index in [0.717, 1.165) is 54.6 Å². The zero-order valence-electron chi connectivity index (χ0n) is 32.8. The molecule has 6 aromatic carbocycles. The van der Waals surface area contributed by atoms with Crippen LogP contribution < -0.4 is 129 Å². The molecule has 7 aromatic rings. The van der Waals surface area contributed by atoms with E-state index in [9.17, 15) is 51.9 Å². The third-order valence-corrected chi connectivity index (χ3v) is 12.0. The number of benzene rings is 6. The summed E-state index contributed by atoms with van der Waals surface area (Å²) >= 11 is 5.87. The molecule has 0 spiro atoms. The van der Waals surface area contributed by atoms with Crippen LogP contribution in [-0.4, -0.2) is 66.8 Å². The third kappa shape index (κ3) is 12.6. The van der Waals surface area contributed by atoms with Gasteiger partial charge >= 0.3 is 118 Å². The molecule has 0 aliphatic carbocycles. The number of fused-ring (bicyclic) bond motifs is 3. The monoisotopic (exact) mass is 987 g/mol. The molecule has 0 amide bonds. The second kappa shape index (κ2) is 21.2. The number of H-pyrrole nitrogens is 1. The summed E-state index contributed by atoms with van der Waals surface area (Å²) in [6.45, 7) is 0. The standard InChI is InChI=1S/C33H22ClN9O12S4.4Na/c34-31-37-32(35)39-33(38-31)36-25-8-9-28(22-14-17(56(44,45)46)4-6-19(22)25)43-42-26-10-11-27(23-15-18(57(47,48)49)5-7-20(23)26)41-40-16-12-24-21(30(13-16)59(53,54)55)2-1-3-29(24)58(50,51)52;;;;/h1-15H,(H,44,45,46)(H,47,48,49)(H,50,51,52)(H,53,54,55)(H3,35,36,37,38,39);;;;/q;4*+1/p-4. The number of hydrogen-bond acceptors (Lipinski definition) is 20. The Hall–Kier alpha value is -2.16. The Morgan fingerprint density at radius 1 is 0.524 bits per heavy atom. The molecule has 0 unspecified atom stereocenters. The average molecular weight is 988 g/mol. The maximum Gasteiger partial charge on any atom is 1.00 e. The van der Waals surface area contributed by atoms with Crippen molar-refractivity contribution in [1.82, 2.24) is 15.0 Å². The summed E-state index contributed by atoms with van der Waals surface area (Å²) in [6, 6.07) is 16.9. The quantitative estimate of drug-likeness (QED) is 0.0652. The fourth-order valence-corrected chi connectivity index (χ4v) is 8.42. The van der Waals surface area contributed by atoms with E-state index in [1.165, 1.54) is 36.4 Å². The fourth-order valence-electron chi connectivity index (χ4n) is 5.87. The van der Waals surface area contributed by atoms with E-state index < -0.39 is 71.1 Å². The van der Waals surface area contributed by atoms with Crippen LogP contribution in [0.4, 0.5) is 34.4 Å². The van der Waals surface area contributed by atoms with Crippen LogP contribution >= 0.6 is 11.6 Å². The Bertz CT molecular complexity index is 3550. The van der Waals surface area contributed by atoms with Gasteiger partial charge in [0.15, 0.2) is 0 Å². The Morgan fingerprint density at radius 3 is 1.57 bits per heavy atom. The van der Waals surface area contributed by atoms with Gasteiger partial charge in [-0.05, 0) is 78.3 Å². The molecule has 302 valence electrons. The van der Waals surface area contributed by atoms with Crippen LogP contribution in [-0.2, 0) is 40.5 Å². The van der Waals surface area contributed by atoms with Crippen molar-refractivity contribution in [3.63, 3.8) is 0 Å². The van der Waals surface area contributed by atoms with Crippen molar-refractivity contribution in [1.29, 1.82) is 5.41 Å². The van der Waals surface area contributed by atoms with Gasteiger partial charge in [0.2, 0.25) is 16.9 Å². The van der Waals surface area contributed by atoms with Gasteiger partial charge in [0.1, 0.15) is 40.5 Å². The van der Waals surface area contributed by atoms with Gasteiger partial charge in [-0.2, -0.15) is 15.1 Å². The molecule has 1 aromatic heterocycles. The first-order chi connectivity index (χ1) is 27.6. The van der Waals surface area contributed by atoms with Crippen molar-refractivity contribution >= 4 is 119 Å². The smallest absolute Gasteiger partial charge is 0.744 e. The molecular weight excluding hydrogens is 970 g/mol. The van der Waals surface area contributed by atoms with Gasteiger partial charge < -0.3 is 23.5 Å². The second-order valence-corrected chi connectivity index (χ2v) is 17.9. The molecule has 1 heterocycles. The molecule has 0 fully saturated rings. The van der Waals surface area contributed by atoms with Gasteiger partial charge in [0.05, 0.1) is 42.3 Å². The van der Waals surface area contributed by atoms with Gasteiger partial charge in [-0.3, -0.25) is 10.4 Å². The number of rotatable bonds is 10. The maximum absolute atomic E-state index is 12.2. The van der Waals surface area contributed by atoms with E-state index in [1.54, 1.807) is 0 Å². The average Bonchev–Trinajstić information content (AvgIpc) is 3.14. The predicted octanol–water partition coefficient (Wildman–Crippen LogP) is -6.40. The van der Waals surface area contributed by atoms with E-state index >= 15 is 0 Å². The first-order valence-electron chi connectivity index (χ1n) is 15.9. The van der Waals surface area contributed by atoms with Crippen molar-refractivity contribution in [3.8, 4) is 0 Å². The van der Waals surface area contributed by atoms with E-state index in [2.05, 4.69) is 40.7 Å². The maximum atomic E-state index is 12.2. The second-order valence-electron chi connectivity index (χ2n) is 12.1. The van der Waals surface area contributed by atoms with Crippen LogP contribution in [0.25, 0.3) is 32.3 Å². The molecular formula is C33H18ClN9Na4O12S4. The Morgan fingerprint density at radius 2 is 1.03 bits per heavy atom. The zero-order valence-corrected chi connectivity index (χ0v) is 44.8. The minimum atomic E-state index is -5.27. The van der Waals surface area contributed by atoms with Crippen LogP contribution in [0, 0.1) is 5.41 Å². The van der Waals surface area contributed by atoms with Crippen LogP contribution in [0.1, 0.15) is 0 Å². The van der Waals surface area contributed by atoms with E-state index in [0.29, 0.717) is 11.1 Å². The number of azo groups is 2. The molecule has 21 nitrogen and oxygen atoms in total. The van der Waals surface area contributed by atoms with Crippen LogP contribution in [0.2, 0.25) is 5.28 Å². The van der Waals surface area contributed by atoms with Gasteiger partial charge in [-0.1, -0.05) is 24.3 Å². The third-order valence-electron chi connectivity index (χ3n) is 8.36. The predicted molar refractivity (Wildman–Crippen MR) is 203 cm³/mol. The van der Waals surface area contributed by atoms with Gasteiger partial charge in [0.25, 0.3) is 0 Å². The van der Waals surface area contributed by atoms with E-state index in [-0.39, 0.29) is 174 Å². The summed E-state index contributed by atoms with van der Waals surface area (Å²) < 4.78 is 144. The van der Waals surface area contributed by atoms with E-state index in [4.69, 9.17) is 17.0 Å². The summed E-state index contributed by atoms with van der Waals surface area (Å²) in [5.74, 6) is -0.00832. The van der Waals surface area contributed by atoms with Crippen molar-refractivity contribution in [2.75, 3.05) is 5.32 Å². The number of aromatic nitrogens is 3. The van der Waals surface area contributed by atoms with Gasteiger partial charge in [-0.25, -0.2) is 33.7 Å². The molecule has 3 N–H and O–H groups in total. The van der Waals surface area contributed by atoms with Gasteiger partial charge in [0, 0.05) is 38.0 Å². The molecule has 0 aliphatic rings. The Labute approximate surface area is 450 Å². The number of hydrogen-bond donors (Lipinski definition) is 3.